The normalized spacial score (nSPS) is 13.5. The SMILES string of the molecule is C=CCCCN(C)C(=NC)NCCCC(=O)N1CCc2ccccc21. The molecule has 0 bridgehead atoms. The van der Waals surface area contributed by atoms with E-state index >= 15 is 0 Å². The Labute approximate surface area is 151 Å². The van der Waals surface area contributed by atoms with Gasteiger partial charge in [-0.25, -0.2) is 0 Å². The molecule has 1 heterocycles. The highest BCUT2D eigenvalue weighted by Crippen LogP contribution is 2.27. The first-order chi connectivity index (χ1) is 12.2. The van der Waals surface area contributed by atoms with Crippen LogP contribution in [-0.2, 0) is 11.2 Å². The number of unbranched alkanes of at least 4 members (excludes halogenated alkanes) is 1. The summed E-state index contributed by atoms with van der Waals surface area (Å²) in [5.74, 6) is 1.09. The van der Waals surface area contributed by atoms with E-state index in [4.69, 9.17) is 0 Å². The Morgan fingerprint density at radius 3 is 2.96 bits per heavy atom. The number of para-hydroxylation sites is 1. The van der Waals surface area contributed by atoms with Crippen LogP contribution in [-0.4, -0.2) is 50.5 Å². The third-order valence-corrected chi connectivity index (χ3v) is 4.51. The number of rotatable bonds is 8. The lowest BCUT2D eigenvalue weighted by molar-refractivity contribution is -0.118. The number of hydrogen-bond acceptors (Lipinski definition) is 2. The van der Waals surface area contributed by atoms with Gasteiger partial charge in [-0.1, -0.05) is 24.3 Å². The minimum absolute atomic E-state index is 0.209. The third-order valence-electron chi connectivity index (χ3n) is 4.51. The van der Waals surface area contributed by atoms with Gasteiger partial charge < -0.3 is 15.1 Å². The van der Waals surface area contributed by atoms with E-state index in [1.54, 1.807) is 7.05 Å². The van der Waals surface area contributed by atoms with E-state index in [0.29, 0.717) is 6.42 Å². The van der Waals surface area contributed by atoms with Gasteiger partial charge in [-0.05, 0) is 37.3 Å². The van der Waals surface area contributed by atoms with E-state index in [0.717, 1.165) is 57.0 Å². The van der Waals surface area contributed by atoms with Crippen molar-refractivity contribution in [3.05, 3.63) is 42.5 Å². The molecule has 0 unspecified atom stereocenters. The van der Waals surface area contributed by atoms with E-state index in [1.807, 2.05) is 36.2 Å². The lowest BCUT2D eigenvalue weighted by Crippen LogP contribution is -2.40. The van der Waals surface area contributed by atoms with Crippen molar-refractivity contribution in [1.29, 1.82) is 0 Å². The summed E-state index contributed by atoms with van der Waals surface area (Å²) >= 11 is 0. The lowest BCUT2D eigenvalue weighted by atomic mass is 10.2. The van der Waals surface area contributed by atoms with Crippen LogP contribution in [0.4, 0.5) is 5.69 Å². The van der Waals surface area contributed by atoms with Crippen molar-refractivity contribution in [3.63, 3.8) is 0 Å². The maximum absolute atomic E-state index is 12.5. The van der Waals surface area contributed by atoms with Crippen molar-refractivity contribution in [2.45, 2.75) is 32.1 Å². The van der Waals surface area contributed by atoms with Crippen molar-refractivity contribution in [2.75, 3.05) is 38.6 Å². The fourth-order valence-electron chi connectivity index (χ4n) is 3.14. The quantitative estimate of drug-likeness (QED) is 0.342. The summed E-state index contributed by atoms with van der Waals surface area (Å²) in [6.07, 6.45) is 6.32. The molecule has 1 amide bonds. The van der Waals surface area contributed by atoms with Crippen molar-refractivity contribution < 1.29 is 4.79 Å². The molecule has 0 atom stereocenters. The van der Waals surface area contributed by atoms with Gasteiger partial charge in [-0.3, -0.25) is 9.79 Å². The third kappa shape index (κ3) is 5.34. The Hall–Kier alpha value is -2.30. The van der Waals surface area contributed by atoms with E-state index in [-0.39, 0.29) is 5.91 Å². The molecule has 136 valence electrons. The van der Waals surface area contributed by atoms with Gasteiger partial charge >= 0.3 is 0 Å². The maximum atomic E-state index is 12.5. The van der Waals surface area contributed by atoms with E-state index in [2.05, 4.69) is 27.9 Å². The Morgan fingerprint density at radius 2 is 2.20 bits per heavy atom. The van der Waals surface area contributed by atoms with Crippen LogP contribution in [0.2, 0.25) is 0 Å². The first-order valence-corrected chi connectivity index (χ1v) is 9.08. The average molecular weight is 342 g/mol. The molecule has 1 N–H and O–H groups in total. The van der Waals surface area contributed by atoms with Crippen LogP contribution in [0, 0.1) is 0 Å². The zero-order chi connectivity index (χ0) is 18.1. The number of nitrogens with zero attached hydrogens (tertiary/aromatic N) is 3. The van der Waals surface area contributed by atoms with Gasteiger partial charge in [0, 0.05) is 45.8 Å². The van der Waals surface area contributed by atoms with Gasteiger partial charge in [-0.15, -0.1) is 6.58 Å². The summed E-state index contributed by atoms with van der Waals surface area (Å²) in [5, 5.41) is 3.34. The molecule has 1 aliphatic heterocycles. The molecule has 0 aromatic heterocycles. The highest BCUT2D eigenvalue weighted by molar-refractivity contribution is 5.95. The molecular weight excluding hydrogens is 312 g/mol. The number of aliphatic imine (C=N–C) groups is 1. The topological polar surface area (TPSA) is 47.9 Å². The lowest BCUT2D eigenvalue weighted by Gasteiger charge is -2.22. The van der Waals surface area contributed by atoms with Crippen LogP contribution in [0.5, 0.6) is 0 Å². The van der Waals surface area contributed by atoms with Gasteiger partial charge in [0.2, 0.25) is 5.91 Å². The van der Waals surface area contributed by atoms with Gasteiger partial charge in [-0.2, -0.15) is 0 Å². The summed E-state index contributed by atoms with van der Waals surface area (Å²) < 4.78 is 0. The minimum atomic E-state index is 0.209. The molecule has 25 heavy (non-hydrogen) atoms. The number of allylic oxidation sites excluding steroid dienone is 1. The predicted molar refractivity (Wildman–Crippen MR) is 105 cm³/mol. The van der Waals surface area contributed by atoms with Crippen LogP contribution in [0.1, 0.15) is 31.2 Å². The number of guanidine groups is 1. The second-order valence-electron chi connectivity index (χ2n) is 6.35. The van der Waals surface area contributed by atoms with Gasteiger partial charge in [0.25, 0.3) is 0 Å². The van der Waals surface area contributed by atoms with Crippen LogP contribution in [0.3, 0.4) is 0 Å². The molecule has 1 aromatic carbocycles. The molecule has 0 spiro atoms. The number of anilines is 1. The minimum Gasteiger partial charge on any atom is -0.356 e. The Balaban J connectivity index is 1.72. The van der Waals surface area contributed by atoms with Crippen molar-refractivity contribution in [1.82, 2.24) is 10.2 Å². The summed E-state index contributed by atoms with van der Waals surface area (Å²) in [5.41, 5.74) is 2.36. The van der Waals surface area contributed by atoms with Crippen LogP contribution in [0.25, 0.3) is 0 Å². The monoisotopic (exact) mass is 342 g/mol. The van der Waals surface area contributed by atoms with Crippen LogP contribution >= 0.6 is 0 Å². The Morgan fingerprint density at radius 1 is 1.40 bits per heavy atom. The molecule has 0 saturated heterocycles. The highest BCUT2D eigenvalue weighted by atomic mass is 16.2. The standard InChI is InChI=1S/C20H30N4O/c1-4-5-8-15-23(3)20(21-2)22-14-9-12-19(25)24-16-13-17-10-6-7-11-18(17)24/h4,6-7,10-11H,1,5,8-9,12-16H2,2-3H3,(H,21,22). The summed E-state index contributed by atoms with van der Waals surface area (Å²) in [4.78, 5) is 20.8. The van der Waals surface area contributed by atoms with Crippen molar-refractivity contribution in [3.8, 4) is 0 Å². The molecule has 5 nitrogen and oxygen atoms in total. The zero-order valence-corrected chi connectivity index (χ0v) is 15.5. The first kappa shape index (κ1) is 19.0. The highest BCUT2D eigenvalue weighted by Gasteiger charge is 2.23. The van der Waals surface area contributed by atoms with Crippen LogP contribution in [0.15, 0.2) is 41.9 Å². The number of hydrogen-bond donors (Lipinski definition) is 1. The number of amides is 1. The second kappa shape index (κ2) is 9.87. The van der Waals surface area contributed by atoms with Gasteiger partial charge in [0.05, 0.1) is 0 Å². The first-order valence-electron chi connectivity index (χ1n) is 9.08. The van der Waals surface area contributed by atoms with E-state index in [1.165, 1.54) is 5.56 Å². The van der Waals surface area contributed by atoms with Crippen molar-refractivity contribution in [2.24, 2.45) is 4.99 Å². The fourth-order valence-corrected chi connectivity index (χ4v) is 3.14. The smallest absolute Gasteiger partial charge is 0.227 e. The largest absolute Gasteiger partial charge is 0.356 e. The molecule has 5 heteroatoms. The van der Waals surface area contributed by atoms with Crippen molar-refractivity contribution >= 4 is 17.6 Å². The summed E-state index contributed by atoms with van der Waals surface area (Å²) in [6, 6.07) is 8.18. The molecule has 1 aromatic rings. The predicted octanol–water partition coefficient (Wildman–Crippen LogP) is 2.83. The Kier molecular flexibility index (Phi) is 7.51. The maximum Gasteiger partial charge on any atom is 0.227 e. The fraction of sp³-hybridized carbons (Fsp3) is 0.500. The van der Waals surface area contributed by atoms with Crippen LogP contribution < -0.4 is 10.2 Å². The Bertz CT molecular complexity index is 611. The van der Waals surface area contributed by atoms with E-state index < -0.39 is 0 Å². The average Bonchev–Trinajstić information content (AvgIpc) is 3.06. The molecule has 0 aliphatic carbocycles. The molecular formula is C20H30N4O. The zero-order valence-electron chi connectivity index (χ0n) is 15.5. The second-order valence-corrected chi connectivity index (χ2v) is 6.35. The summed E-state index contributed by atoms with van der Waals surface area (Å²) in [7, 11) is 3.82. The number of fused-ring (bicyclic) bond motifs is 1. The molecule has 0 fully saturated rings. The number of carbonyl (C=O) groups is 1. The molecule has 1 aliphatic rings. The molecule has 0 saturated carbocycles. The number of carbonyl (C=O) groups excluding carboxylic acids is 1. The number of nitrogens with one attached hydrogen (secondary N) is 1. The van der Waals surface area contributed by atoms with E-state index in [9.17, 15) is 4.79 Å². The van der Waals surface area contributed by atoms with Gasteiger partial charge in [0.1, 0.15) is 0 Å². The number of benzene rings is 1. The molecule has 2 rings (SSSR count). The molecule has 0 radical (unpaired) electrons. The summed E-state index contributed by atoms with van der Waals surface area (Å²) in [6.45, 7) is 6.24. The van der Waals surface area contributed by atoms with Gasteiger partial charge in [0.15, 0.2) is 5.96 Å².